The van der Waals surface area contributed by atoms with Crippen molar-refractivity contribution in [2.45, 2.75) is 45.2 Å². The van der Waals surface area contributed by atoms with Crippen molar-refractivity contribution < 1.29 is 14.4 Å². The first kappa shape index (κ1) is 20.3. The highest BCUT2D eigenvalue weighted by Crippen LogP contribution is 2.17. The fourth-order valence-corrected chi connectivity index (χ4v) is 3.24. The zero-order chi connectivity index (χ0) is 20.6. The molecule has 1 fully saturated rings. The fraction of sp³-hybridized carbons (Fsp3) is 0.333. The molecule has 0 saturated heterocycles. The Morgan fingerprint density at radius 2 is 1.83 bits per heavy atom. The van der Waals surface area contributed by atoms with E-state index in [-0.39, 0.29) is 30.3 Å². The van der Waals surface area contributed by atoms with E-state index in [1.165, 1.54) is 23.9 Å². The van der Waals surface area contributed by atoms with Gasteiger partial charge >= 0.3 is 0 Å². The second-order valence-electron chi connectivity index (χ2n) is 7.10. The summed E-state index contributed by atoms with van der Waals surface area (Å²) in [4.78, 5) is 35.2. The van der Waals surface area contributed by atoms with Crippen LogP contribution in [0.4, 0.5) is 11.4 Å². The molecule has 8 nitrogen and oxygen atoms in total. The van der Waals surface area contributed by atoms with Crippen LogP contribution in [0.5, 0.6) is 0 Å². The van der Waals surface area contributed by atoms with Crippen LogP contribution in [0.2, 0.25) is 0 Å². The minimum absolute atomic E-state index is 0.0690. The maximum Gasteiger partial charge on any atom is 0.248 e. The number of nitrogens with one attached hydrogen (secondary N) is 3. The molecule has 1 aromatic heterocycles. The number of benzene rings is 1. The van der Waals surface area contributed by atoms with Gasteiger partial charge < -0.3 is 16.0 Å². The van der Waals surface area contributed by atoms with Crippen LogP contribution in [0.1, 0.15) is 38.2 Å². The molecule has 1 heterocycles. The number of anilines is 2. The topological polar surface area (TPSA) is 105 Å². The minimum Gasteiger partial charge on any atom is -0.352 e. The molecule has 2 aromatic rings. The van der Waals surface area contributed by atoms with Crippen LogP contribution in [0.25, 0.3) is 6.08 Å². The van der Waals surface area contributed by atoms with E-state index in [1.807, 2.05) is 0 Å². The van der Waals surface area contributed by atoms with Gasteiger partial charge in [-0.25, -0.2) is 0 Å². The van der Waals surface area contributed by atoms with Crippen molar-refractivity contribution in [3.05, 3.63) is 48.3 Å². The summed E-state index contributed by atoms with van der Waals surface area (Å²) >= 11 is 0. The van der Waals surface area contributed by atoms with Crippen molar-refractivity contribution in [3.8, 4) is 0 Å². The van der Waals surface area contributed by atoms with Crippen molar-refractivity contribution in [2.24, 2.45) is 0 Å². The number of hydrogen-bond acceptors (Lipinski definition) is 4. The first-order valence-corrected chi connectivity index (χ1v) is 9.66. The fourth-order valence-electron chi connectivity index (χ4n) is 3.24. The molecule has 0 spiro atoms. The molecule has 1 aliphatic carbocycles. The Hall–Kier alpha value is -3.42. The summed E-state index contributed by atoms with van der Waals surface area (Å²) in [5, 5.41) is 12.5. The molecular formula is C21H25N5O3. The van der Waals surface area contributed by atoms with Crippen LogP contribution in [0.15, 0.2) is 42.7 Å². The molecule has 3 N–H and O–H groups in total. The number of carbonyl (C=O) groups excluding carboxylic acids is 3. The molecule has 152 valence electrons. The van der Waals surface area contributed by atoms with Gasteiger partial charge in [0, 0.05) is 30.9 Å². The molecule has 0 aliphatic heterocycles. The van der Waals surface area contributed by atoms with Gasteiger partial charge in [0.15, 0.2) is 0 Å². The third-order valence-corrected chi connectivity index (χ3v) is 4.58. The predicted octanol–water partition coefficient (Wildman–Crippen LogP) is 2.55. The second-order valence-corrected chi connectivity index (χ2v) is 7.10. The Kier molecular flexibility index (Phi) is 6.78. The Labute approximate surface area is 169 Å². The quantitative estimate of drug-likeness (QED) is 0.627. The SMILES string of the molecule is CC(=O)Nc1ccc(/C=C/C(=O)Nc2cnn(CC(=O)NC3CCCC3)c2)cc1. The first-order valence-electron chi connectivity index (χ1n) is 9.66. The van der Waals surface area contributed by atoms with Gasteiger partial charge in [0.2, 0.25) is 17.7 Å². The van der Waals surface area contributed by atoms with Gasteiger partial charge in [0.25, 0.3) is 0 Å². The summed E-state index contributed by atoms with van der Waals surface area (Å²) in [7, 11) is 0. The zero-order valence-electron chi connectivity index (χ0n) is 16.4. The van der Waals surface area contributed by atoms with Gasteiger partial charge in [-0.1, -0.05) is 25.0 Å². The molecule has 0 bridgehead atoms. The number of carbonyl (C=O) groups is 3. The Morgan fingerprint density at radius 1 is 1.10 bits per heavy atom. The molecule has 29 heavy (non-hydrogen) atoms. The van der Waals surface area contributed by atoms with Crippen LogP contribution < -0.4 is 16.0 Å². The van der Waals surface area contributed by atoms with Crippen molar-refractivity contribution in [2.75, 3.05) is 10.6 Å². The standard InChI is InChI=1S/C21H25N5O3/c1-15(27)23-18-9-6-16(7-10-18)8-11-20(28)25-19-12-22-26(13-19)14-21(29)24-17-4-2-3-5-17/h6-13,17H,2-5,14H2,1H3,(H,23,27)(H,24,29)(H,25,28)/b11-8+. The van der Waals surface area contributed by atoms with Crippen LogP contribution in [-0.2, 0) is 20.9 Å². The first-order chi connectivity index (χ1) is 14.0. The number of rotatable bonds is 7. The smallest absolute Gasteiger partial charge is 0.248 e. The van der Waals surface area contributed by atoms with Crippen LogP contribution in [-0.4, -0.2) is 33.5 Å². The predicted molar refractivity (Wildman–Crippen MR) is 111 cm³/mol. The lowest BCUT2D eigenvalue weighted by Crippen LogP contribution is -2.35. The lowest BCUT2D eigenvalue weighted by molar-refractivity contribution is -0.122. The van der Waals surface area contributed by atoms with Crippen molar-refractivity contribution in [1.82, 2.24) is 15.1 Å². The molecule has 1 aromatic carbocycles. The highest BCUT2D eigenvalue weighted by atomic mass is 16.2. The molecule has 1 saturated carbocycles. The molecule has 1 aliphatic rings. The molecular weight excluding hydrogens is 370 g/mol. The Bertz CT molecular complexity index is 895. The number of aromatic nitrogens is 2. The van der Waals surface area contributed by atoms with E-state index in [0.717, 1.165) is 31.2 Å². The maximum absolute atomic E-state index is 12.1. The Balaban J connectivity index is 1.47. The average molecular weight is 395 g/mol. The van der Waals surface area contributed by atoms with Gasteiger partial charge in [0.1, 0.15) is 6.54 Å². The van der Waals surface area contributed by atoms with E-state index < -0.39 is 0 Å². The Morgan fingerprint density at radius 3 is 2.52 bits per heavy atom. The zero-order valence-corrected chi connectivity index (χ0v) is 16.4. The van der Waals surface area contributed by atoms with Gasteiger partial charge in [-0.05, 0) is 36.6 Å². The maximum atomic E-state index is 12.1. The van der Waals surface area contributed by atoms with Crippen molar-refractivity contribution in [3.63, 3.8) is 0 Å². The summed E-state index contributed by atoms with van der Waals surface area (Å²) in [5.41, 5.74) is 2.05. The van der Waals surface area contributed by atoms with E-state index >= 15 is 0 Å². The molecule has 3 amide bonds. The number of amides is 3. The van der Waals surface area contributed by atoms with Crippen LogP contribution in [0, 0.1) is 0 Å². The minimum atomic E-state index is -0.300. The largest absolute Gasteiger partial charge is 0.352 e. The summed E-state index contributed by atoms with van der Waals surface area (Å²) in [6, 6.07) is 7.40. The molecule has 0 unspecified atom stereocenters. The third-order valence-electron chi connectivity index (χ3n) is 4.58. The summed E-state index contributed by atoms with van der Waals surface area (Å²) in [5.74, 6) is -0.504. The van der Waals surface area contributed by atoms with E-state index in [0.29, 0.717) is 11.4 Å². The van der Waals surface area contributed by atoms with Gasteiger partial charge in [-0.3, -0.25) is 19.1 Å². The summed E-state index contributed by atoms with van der Waals surface area (Å²) in [6.07, 6.45) is 10.6. The van der Waals surface area contributed by atoms with Crippen molar-refractivity contribution in [1.29, 1.82) is 0 Å². The monoisotopic (exact) mass is 395 g/mol. The van der Waals surface area contributed by atoms with Crippen LogP contribution >= 0.6 is 0 Å². The average Bonchev–Trinajstić information content (AvgIpc) is 3.33. The normalized spacial score (nSPS) is 14.1. The highest BCUT2D eigenvalue weighted by Gasteiger charge is 2.17. The van der Waals surface area contributed by atoms with Gasteiger partial charge in [-0.15, -0.1) is 0 Å². The number of hydrogen-bond donors (Lipinski definition) is 3. The lowest BCUT2D eigenvalue weighted by Gasteiger charge is -2.11. The number of nitrogens with zero attached hydrogens (tertiary/aromatic N) is 2. The van der Waals surface area contributed by atoms with E-state index in [1.54, 1.807) is 36.5 Å². The van der Waals surface area contributed by atoms with E-state index in [4.69, 9.17) is 0 Å². The summed E-state index contributed by atoms with van der Waals surface area (Å²) in [6.45, 7) is 1.57. The van der Waals surface area contributed by atoms with Gasteiger partial charge in [0.05, 0.1) is 11.9 Å². The van der Waals surface area contributed by atoms with Crippen molar-refractivity contribution >= 4 is 35.2 Å². The van der Waals surface area contributed by atoms with E-state index in [2.05, 4.69) is 21.0 Å². The van der Waals surface area contributed by atoms with E-state index in [9.17, 15) is 14.4 Å². The molecule has 3 rings (SSSR count). The molecule has 0 atom stereocenters. The summed E-state index contributed by atoms with van der Waals surface area (Å²) < 4.78 is 1.50. The molecule has 8 heteroatoms. The highest BCUT2D eigenvalue weighted by molar-refractivity contribution is 6.01. The lowest BCUT2D eigenvalue weighted by atomic mass is 10.2. The third kappa shape index (κ3) is 6.60. The van der Waals surface area contributed by atoms with Crippen LogP contribution in [0.3, 0.4) is 0 Å². The molecule has 0 radical (unpaired) electrons. The van der Waals surface area contributed by atoms with Gasteiger partial charge in [-0.2, -0.15) is 5.10 Å². The second kappa shape index (κ2) is 9.68.